The van der Waals surface area contributed by atoms with Crippen LogP contribution in [0.5, 0.6) is 0 Å². The van der Waals surface area contributed by atoms with Crippen LogP contribution in [0.1, 0.15) is 18.0 Å². The van der Waals surface area contributed by atoms with Crippen molar-refractivity contribution in [2.24, 2.45) is 5.73 Å². The van der Waals surface area contributed by atoms with Gasteiger partial charge >= 0.3 is 0 Å². The van der Waals surface area contributed by atoms with Crippen molar-refractivity contribution >= 4 is 35.6 Å². The monoisotopic (exact) mass is 252 g/mol. The Kier molecular flexibility index (Phi) is 6.12. The standard InChI is InChI=1S/C9H10Cl2N2.ClH/c1-2-3-8(12)9-6(10)4-13-5-7(9)11;/h2,4-5,8H,1,3,12H2;1H/t8-;/m0./s1. The second-order valence-electron chi connectivity index (χ2n) is 2.65. The van der Waals surface area contributed by atoms with E-state index in [0.29, 0.717) is 16.5 Å². The largest absolute Gasteiger partial charge is 0.324 e. The van der Waals surface area contributed by atoms with Crippen molar-refractivity contribution in [2.75, 3.05) is 0 Å². The molecule has 0 fully saturated rings. The van der Waals surface area contributed by atoms with Crippen LogP contribution in [0.15, 0.2) is 25.0 Å². The van der Waals surface area contributed by atoms with Gasteiger partial charge in [-0.2, -0.15) is 0 Å². The molecule has 78 valence electrons. The first-order chi connectivity index (χ1) is 6.16. The lowest BCUT2D eigenvalue weighted by molar-refractivity contribution is 0.740. The first-order valence-corrected chi connectivity index (χ1v) is 4.57. The van der Waals surface area contributed by atoms with Gasteiger partial charge in [-0.15, -0.1) is 19.0 Å². The molecule has 1 aromatic rings. The quantitative estimate of drug-likeness (QED) is 0.839. The minimum absolute atomic E-state index is 0. The van der Waals surface area contributed by atoms with Gasteiger partial charge in [0.25, 0.3) is 0 Å². The summed E-state index contributed by atoms with van der Waals surface area (Å²) in [5, 5.41) is 1.00. The SMILES string of the molecule is C=CC[C@H](N)c1c(Cl)cncc1Cl.Cl. The van der Waals surface area contributed by atoms with Gasteiger partial charge in [-0.1, -0.05) is 29.3 Å². The third-order valence-corrected chi connectivity index (χ3v) is 2.28. The lowest BCUT2D eigenvalue weighted by Crippen LogP contribution is -2.10. The fourth-order valence-electron chi connectivity index (χ4n) is 1.07. The van der Waals surface area contributed by atoms with Crippen LogP contribution in [-0.2, 0) is 0 Å². The van der Waals surface area contributed by atoms with Crippen molar-refractivity contribution in [1.82, 2.24) is 4.98 Å². The van der Waals surface area contributed by atoms with Gasteiger partial charge in [0, 0.05) is 24.0 Å². The molecule has 0 radical (unpaired) electrons. The summed E-state index contributed by atoms with van der Waals surface area (Å²) < 4.78 is 0. The molecule has 1 heterocycles. The molecule has 0 aliphatic rings. The zero-order valence-electron chi connectivity index (χ0n) is 7.41. The molecule has 1 atom stereocenters. The summed E-state index contributed by atoms with van der Waals surface area (Å²) in [4.78, 5) is 3.84. The van der Waals surface area contributed by atoms with Gasteiger partial charge in [0.15, 0.2) is 0 Å². The summed E-state index contributed by atoms with van der Waals surface area (Å²) in [6, 6.07) is -0.208. The maximum Gasteiger partial charge on any atom is 0.0652 e. The summed E-state index contributed by atoms with van der Waals surface area (Å²) >= 11 is 11.8. The number of rotatable bonds is 3. The van der Waals surface area contributed by atoms with E-state index in [2.05, 4.69) is 11.6 Å². The number of aromatic nitrogens is 1. The molecule has 0 aromatic carbocycles. The number of halogens is 3. The molecular formula is C9H11Cl3N2. The van der Waals surface area contributed by atoms with Crippen LogP contribution in [0, 0.1) is 0 Å². The van der Waals surface area contributed by atoms with E-state index in [-0.39, 0.29) is 18.4 Å². The summed E-state index contributed by atoms with van der Waals surface area (Å²) in [6.45, 7) is 3.60. The maximum atomic E-state index is 5.90. The molecule has 0 aliphatic heterocycles. The Morgan fingerprint density at radius 2 is 1.93 bits per heavy atom. The summed E-state index contributed by atoms with van der Waals surface area (Å²) in [7, 11) is 0. The van der Waals surface area contributed by atoms with Crippen LogP contribution in [0.3, 0.4) is 0 Å². The Hall–Kier alpha value is -0.280. The molecule has 0 saturated carbocycles. The highest BCUT2D eigenvalue weighted by Crippen LogP contribution is 2.29. The fourth-order valence-corrected chi connectivity index (χ4v) is 1.72. The van der Waals surface area contributed by atoms with Crippen LogP contribution < -0.4 is 5.73 Å². The lowest BCUT2D eigenvalue weighted by Gasteiger charge is -2.12. The van der Waals surface area contributed by atoms with Crippen molar-refractivity contribution in [2.45, 2.75) is 12.5 Å². The van der Waals surface area contributed by atoms with Crippen molar-refractivity contribution in [1.29, 1.82) is 0 Å². The molecule has 0 amide bonds. The molecule has 14 heavy (non-hydrogen) atoms. The van der Waals surface area contributed by atoms with E-state index in [4.69, 9.17) is 28.9 Å². The Bertz CT molecular complexity index is 295. The van der Waals surface area contributed by atoms with Crippen molar-refractivity contribution in [3.63, 3.8) is 0 Å². The van der Waals surface area contributed by atoms with E-state index in [9.17, 15) is 0 Å². The Morgan fingerprint density at radius 3 is 2.36 bits per heavy atom. The Labute approximate surface area is 99.5 Å². The van der Waals surface area contributed by atoms with Gasteiger partial charge in [0.2, 0.25) is 0 Å². The highest BCUT2D eigenvalue weighted by atomic mass is 35.5. The van der Waals surface area contributed by atoms with E-state index < -0.39 is 0 Å². The molecule has 0 aliphatic carbocycles. The highest BCUT2D eigenvalue weighted by molar-refractivity contribution is 6.35. The summed E-state index contributed by atoms with van der Waals surface area (Å²) in [6.07, 6.45) is 5.44. The molecule has 0 spiro atoms. The van der Waals surface area contributed by atoms with Gasteiger partial charge < -0.3 is 5.73 Å². The molecule has 0 saturated heterocycles. The third kappa shape index (κ3) is 3.14. The molecule has 2 N–H and O–H groups in total. The number of nitrogens with two attached hydrogens (primary N) is 1. The second-order valence-corrected chi connectivity index (χ2v) is 3.46. The molecule has 5 heteroatoms. The number of pyridine rings is 1. The fraction of sp³-hybridized carbons (Fsp3) is 0.222. The average molecular weight is 254 g/mol. The molecule has 0 unspecified atom stereocenters. The van der Waals surface area contributed by atoms with Gasteiger partial charge in [0.05, 0.1) is 10.0 Å². The van der Waals surface area contributed by atoms with E-state index in [1.165, 1.54) is 12.4 Å². The minimum Gasteiger partial charge on any atom is -0.324 e. The zero-order chi connectivity index (χ0) is 9.84. The van der Waals surface area contributed by atoms with Crippen molar-refractivity contribution in [3.05, 3.63) is 40.7 Å². The smallest absolute Gasteiger partial charge is 0.0652 e. The Morgan fingerprint density at radius 1 is 1.43 bits per heavy atom. The van der Waals surface area contributed by atoms with Crippen molar-refractivity contribution < 1.29 is 0 Å². The number of hydrogen-bond donors (Lipinski definition) is 1. The first kappa shape index (κ1) is 13.7. The zero-order valence-corrected chi connectivity index (χ0v) is 9.74. The van der Waals surface area contributed by atoms with Crippen LogP contribution in [0.2, 0.25) is 10.0 Å². The first-order valence-electron chi connectivity index (χ1n) is 3.82. The molecule has 2 nitrogen and oxygen atoms in total. The normalized spacial score (nSPS) is 11.6. The maximum absolute atomic E-state index is 5.90. The minimum atomic E-state index is -0.208. The topological polar surface area (TPSA) is 38.9 Å². The van der Waals surface area contributed by atoms with Crippen molar-refractivity contribution in [3.8, 4) is 0 Å². The second kappa shape index (κ2) is 6.25. The van der Waals surface area contributed by atoms with Gasteiger partial charge in [-0.25, -0.2) is 0 Å². The van der Waals surface area contributed by atoms with E-state index >= 15 is 0 Å². The van der Waals surface area contributed by atoms with Gasteiger partial charge in [-0.3, -0.25) is 4.98 Å². The number of hydrogen-bond acceptors (Lipinski definition) is 2. The molecular weight excluding hydrogens is 242 g/mol. The Balaban J connectivity index is 0.00000169. The van der Waals surface area contributed by atoms with E-state index in [1.54, 1.807) is 6.08 Å². The molecule has 1 rings (SSSR count). The molecule has 0 bridgehead atoms. The van der Waals surface area contributed by atoms with Crippen LogP contribution >= 0.6 is 35.6 Å². The van der Waals surface area contributed by atoms with Gasteiger partial charge in [-0.05, 0) is 6.42 Å². The predicted molar refractivity (Wildman–Crippen MR) is 63.2 cm³/mol. The van der Waals surface area contributed by atoms with Crippen LogP contribution in [0.4, 0.5) is 0 Å². The predicted octanol–water partition coefficient (Wildman–Crippen LogP) is 3.39. The third-order valence-electron chi connectivity index (χ3n) is 1.68. The van der Waals surface area contributed by atoms with Gasteiger partial charge in [0.1, 0.15) is 0 Å². The van der Waals surface area contributed by atoms with Crippen LogP contribution in [0.25, 0.3) is 0 Å². The van der Waals surface area contributed by atoms with E-state index in [0.717, 1.165) is 5.56 Å². The summed E-state index contributed by atoms with van der Waals surface area (Å²) in [5.41, 5.74) is 6.57. The number of nitrogens with zero attached hydrogens (tertiary/aromatic N) is 1. The van der Waals surface area contributed by atoms with Crippen LogP contribution in [-0.4, -0.2) is 4.98 Å². The molecule has 1 aromatic heterocycles. The van der Waals surface area contributed by atoms with E-state index in [1.807, 2.05) is 0 Å². The highest BCUT2D eigenvalue weighted by Gasteiger charge is 2.12. The summed E-state index contributed by atoms with van der Waals surface area (Å²) in [5.74, 6) is 0. The lowest BCUT2D eigenvalue weighted by atomic mass is 10.1. The average Bonchev–Trinajstić information content (AvgIpc) is 2.04.